The highest BCUT2D eigenvalue weighted by Gasteiger charge is 2.37. The van der Waals surface area contributed by atoms with Crippen molar-refractivity contribution in [2.45, 2.75) is 58.8 Å². The van der Waals surface area contributed by atoms with Crippen LogP contribution in [0.5, 0.6) is 0 Å². The van der Waals surface area contributed by atoms with Crippen LogP contribution in [0, 0.1) is 5.41 Å². The van der Waals surface area contributed by atoms with Crippen molar-refractivity contribution in [3.05, 3.63) is 84.3 Å². The number of hydrogen-bond donors (Lipinski definition) is 4. The van der Waals surface area contributed by atoms with E-state index in [9.17, 15) is 19.2 Å². The largest absolute Gasteiger partial charge is 0.374 e. The van der Waals surface area contributed by atoms with Crippen LogP contribution in [-0.2, 0) is 36.9 Å². The minimum Gasteiger partial charge on any atom is -0.374 e. The first-order valence-electron chi connectivity index (χ1n) is 15.2. The van der Waals surface area contributed by atoms with E-state index in [1.54, 1.807) is 31.3 Å². The SMILES string of the molecule is CN[C@@H](C)C(=O)N[C@H](C(=O)NCC(=O)N1C=CN(CCc2c[nH]c3ccccc23)C(=O)[C@@H]1COCc1ccccc1)C(C)(C)C. The summed E-state index contributed by atoms with van der Waals surface area (Å²) in [5, 5.41) is 9.41. The molecule has 1 aromatic heterocycles. The average molecular weight is 617 g/mol. The summed E-state index contributed by atoms with van der Waals surface area (Å²) in [6.45, 7) is 7.51. The van der Waals surface area contributed by atoms with E-state index in [2.05, 4.69) is 20.9 Å². The molecule has 0 fully saturated rings. The quantitative estimate of drug-likeness (QED) is 0.233. The fourth-order valence-corrected chi connectivity index (χ4v) is 5.11. The summed E-state index contributed by atoms with van der Waals surface area (Å²) in [6.07, 6.45) is 5.74. The van der Waals surface area contributed by atoms with E-state index >= 15 is 0 Å². The molecule has 45 heavy (non-hydrogen) atoms. The molecule has 2 heterocycles. The number of aromatic nitrogens is 1. The molecular weight excluding hydrogens is 572 g/mol. The van der Waals surface area contributed by atoms with Gasteiger partial charge < -0.3 is 35.5 Å². The Kier molecular flexibility index (Phi) is 11.1. The summed E-state index contributed by atoms with van der Waals surface area (Å²) >= 11 is 0. The molecule has 0 unspecified atom stereocenters. The van der Waals surface area contributed by atoms with Crippen LogP contribution in [0.15, 0.2) is 73.2 Å². The molecule has 1 aliphatic rings. The Labute approximate surface area is 264 Å². The van der Waals surface area contributed by atoms with Crippen LogP contribution >= 0.6 is 0 Å². The highest BCUT2D eigenvalue weighted by atomic mass is 16.5. The van der Waals surface area contributed by atoms with E-state index in [1.165, 1.54) is 4.90 Å². The first-order valence-corrected chi connectivity index (χ1v) is 15.2. The summed E-state index contributed by atoms with van der Waals surface area (Å²) in [6, 6.07) is 15.3. The molecular formula is C34H44N6O5. The number of amides is 4. The first-order chi connectivity index (χ1) is 21.5. The van der Waals surface area contributed by atoms with Crippen molar-refractivity contribution < 1.29 is 23.9 Å². The van der Waals surface area contributed by atoms with Gasteiger partial charge in [-0.3, -0.25) is 19.2 Å². The second kappa shape index (κ2) is 15.0. The number of nitrogens with zero attached hydrogens (tertiary/aromatic N) is 2. The van der Waals surface area contributed by atoms with Crippen molar-refractivity contribution in [1.82, 2.24) is 30.7 Å². The van der Waals surface area contributed by atoms with Crippen LogP contribution in [0.4, 0.5) is 0 Å². The number of para-hydroxylation sites is 1. The van der Waals surface area contributed by atoms with Crippen LogP contribution < -0.4 is 16.0 Å². The van der Waals surface area contributed by atoms with Gasteiger partial charge in [0.1, 0.15) is 12.1 Å². The highest BCUT2D eigenvalue weighted by molar-refractivity contribution is 5.94. The zero-order chi connectivity index (χ0) is 32.6. The minimum absolute atomic E-state index is 0.0239. The molecule has 4 rings (SSSR count). The highest BCUT2D eigenvalue weighted by Crippen LogP contribution is 2.22. The number of benzene rings is 2. The molecule has 0 aliphatic carbocycles. The summed E-state index contributed by atoms with van der Waals surface area (Å²) in [7, 11) is 1.66. The Morgan fingerprint density at radius 2 is 1.71 bits per heavy atom. The van der Waals surface area contributed by atoms with Gasteiger partial charge in [0.15, 0.2) is 0 Å². The normalized spacial score (nSPS) is 16.5. The number of carbonyl (C=O) groups is 4. The van der Waals surface area contributed by atoms with Gasteiger partial charge in [-0.05, 0) is 43.0 Å². The number of H-pyrrole nitrogens is 1. The van der Waals surface area contributed by atoms with Gasteiger partial charge in [-0.2, -0.15) is 0 Å². The Balaban J connectivity index is 1.45. The molecule has 4 N–H and O–H groups in total. The summed E-state index contributed by atoms with van der Waals surface area (Å²) in [5.41, 5.74) is 2.45. The predicted molar refractivity (Wildman–Crippen MR) is 173 cm³/mol. The maximum absolute atomic E-state index is 13.7. The minimum atomic E-state index is -0.916. The number of fused-ring (bicyclic) bond motifs is 1. The lowest BCUT2D eigenvalue weighted by atomic mass is 9.86. The van der Waals surface area contributed by atoms with Crippen molar-refractivity contribution in [1.29, 1.82) is 0 Å². The maximum atomic E-state index is 13.7. The van der Waals surface area contributed by atoms with E-state index in [4.69, 9.17) is 4.74 Å². The topological polar surface area (TPSA) is 136 Å². The zero-order valence-electron chi connectivity index (χ0n) is 26.6. The van der Waals surface area contributed by atoms with Crippen LogP contribution in [0.3, 0.4) is 0 Å². The van der Waals surface area contributed by atoms with E-state index in [0.29, 0.717) is 13.0 Å². The second-order valence-corrected chi connectivity index (χ2v) is 12.3. The number of aromatic amines is 1. The van der Waals surface area contributed by atoms with Gasteiger partial charge in [-0.25, -0.2) is 0 Å². The average Bonchev–Trinajstić information content (AvgIpc) is 3.44. The van der Waals surface area contributed by atoms with Crippen LogP contribution in [0.1, 0.15) is 38.8 Å². The van der Waals surface area contributed by atoms with Gasteiger partial charge in [-0.1, -0.05) is 69.3 Å². The van der Waals surface area contributed by atoms with Crippen molar-refractivity contribution >= 4 is 34.5 Å². The van der Waals surface area contributed by atoms with Crippen LogP contribution in [-0.4, -0.2) is 83.3 Å². The lowest BCUT2D eigenvalue weighted by Crippen LogP contribution is -2.58. The lowest BCUT2D eigenvalue weighted by molar-refractivity contribution is -0.146. The van der Waals surface area contributed by atoms with E-state index < -0.39 is 35.4 Å². The maximum Gasteiger partial charge on any atom is 0.252 e. The second-order valence-electron chi connectivity index (χ2n) is 12.3. The fourth-order valence-electron chi connectivity index (χ4n) is 5.11. The van der Waals surface area contributed by atoms with Crippen LogP contribution in [0.25, 0.3) is 10.9 Å². The number of carbonyl (C=O) groups excluding carboxylic acids is 4. The molecule has 3 atom stereocenters. The van der Waals surface area contributed by atoms with E-state index in [0.717, 1.165) is 22.0 Å². The Hall–Kier alpha value is -4.48. The monoisotopic (exact) mass is 616 g/mol. The van der Waals surface area contributed by atoms with Crippen molar-refractivity contribution in [2.75, 3.05) is 26.7 Å². The molecule has 11 nitrogen and oxygen atoms in total. The molecule has 0 radical (unpaired) electrons. The van der Waals surface area contributed by atoms with Crippen molar-refractivity contribution in [3.8, 4) is 0 Å². The number of hydrogen-bond acceptors (Lipinski definition) is 6. The molecule has 240 valence electrons. The molecule has 2 aromatic carbocycles. The van der Waals surface area contributed by atoms with Gasteiger partial charge in [0.05, 0.1) is 25.8 Å². The summed E-state index contributed by atoms with van der Waals surface area (Å²) in [5.74, 6) is -1.56. The number of ether oxygens (including phenoxy) is 1. The fraction of sp³-hybridized carbons (Fsp3) is 0.412. The molecule has 0 saturated heterocycles. The smallest absolute Gasteiger partial charge is 0.252 e. The number of likely N-dealkylation sites (N-methyl/N-ethyl adjacent to an activating group) is 1. The summed E-state index contributed by atoms with van der Waals surface area (Å²) in [4.78, 5) is 59.1. The van der Waals surface area contributed by atoms with E-state index in [-0.39, 0.29) is 31.6 Å². The Morgan fingerprint density at radius 1 is 1.00 bits per heavy atom. The number of nitrogens with one attached hydrogen (secondary N) is 4. The molecule has 4 amide bonds. The van der Waals surface area contributed by atoms with Gasteiger partial charge >= 0.3 is 0 Å². The van der Waals surface area contributed by atoms with E-state index in [1.807, 2.05) is 81.6 Å². The Morgan fingerprint density at radius 3 is 2.42 bits per heavy atom. The molecule has 0 saturated carbocycles. The lowest BCUT2D eigenvalue weighted by Gasteiger charge is -2.36. The Bertz CT molecular complexity index is 1510. The first kappa shape index (κ1) is 33.4. The van der Waals surface area contributed by atoms with Gasteiger partial charge in [0, 0.05) is 36.0 Å². The van der Waals surface area contributed by atoms with Gasteiger partial charge in [0.2, 0.25) is 17.7 Å². The number of rotatable bonds is 13. The molecule has 11 heteroatoms. The third-order valence-electron chi connectivity index (χ3n) is 7.94. The third-order valence-corrected chi connectivity index (χ3v) is 7.94. The van der Waals surface area contributed by atoms with Crippen molar-refractivity contribution in [2.24, 2.45) is 5.41 Å². The van der Waals surface area contributed by atoms with Gasteiger partial charge in [0.25, 0.3) is 5.91 Å². The molecule has 3 aromatic rings. The zero-order valence-corrected chi connectivity index (χ0v) is 26.6. The third kappa shape index (κ3) is 8.58. The van der Waals surface area contributed by atoms with Gasteiger partial charge in [-0.15, -0.1) is 0 Å². The van der Waals surface area contributed by atoms with Crippen LogP contribution in [0.2, 0.25) is 0 Å². The van der Waals surface area contributed by atoms with Crippen molar-refractivity contribution in [3.63, 3.8) is 0 Å². The molecule has 0 bridgehead atoms. The summed E-state index contributed by atoms with van der Waals surface area (Å²) < 4.78 is 5.93. The predicted octanol–water partition coefficient (Wildman–Crippen LogP) is 2.69. The molecule has 0 spiro atoms. The molecule has 1 aliphatic heterocycles. The standard InChI is InChI=1S/C34H44N6O5/c1-23(35-5)31(42)38-30(34(2,3)4)32(43)37-20-29(41)40-18-17-39(16-15-25-19-36-27-14-10-9-13-26(25)27)33(44)28(40)22-45-21-24-11-7-6-8-12-24/h6-14,17-19,23,28,30,35-36H,15-16,20-22H2,1-5H3,(H,37,43)(H,38,42)/t23-,28-,30+/m0/s1.